The van der Waals surface area contributed by atoms with Crippen molar-refractivity contribution in [3.63, 3.8) is 0 Å². The van der Waals surface area contributed by atoms with Crippen LogP contribution < -0.4 is 16.4 Å². The molecule has 1 fully saturated rings. The van der Waals surface area contributed by atoms with Gasteiger partial charge in [-0.1, -0.05) is 65.8 Å². The number of benzene rings is 2. The molecule has 2 aliphatic rings. The lowest BCUT2D eigenvalue weighted by Gasteiger charge is -2.49. The zero-order chi connectivity index (χ0) is 36.7. The van der Waals surface area contributed by atoms with Crippen LogP contribution in [0.1, 0.15) is 49.5 Å². The molecule has 2 atom stereocenters. The Morgan fingerprint density at radius 1 is 1.02 bits per heavy atom. The van der Waals surface area contributed by atoms with Crippen LogP contribution in [0.5, 0.6) is 0 Å². The van der Waals surface area contributed by atoms with Gasteiger partial charge in [0.05, 0.1) is 6.54 Å². The van der Waals surface area contributed by atoms with Gasteiger partial charge in [-0.2, -0.15) is 0 Å². The van der Waals surface area contributed by atoms with Crippen LogP contribution in [0.3, 0.4) is 0 Å². The molecule has 2 aromatic carbocycles. The highest BCUT2D eigenvalue weighted by Crippen LogP contribution is 2.41. The van der Waals surface area contributed by atoms with Crippen molar-refractivity contribution < 1.29 is 47.4 Å². The van der Waals surface area contributed by atoms with E-state index in [0.717, 1.165) is 0 Å². The molecule has 16 heteroatoms. The number of furan rings is 1. The number of ether oxygens (including phenoxy) is 3. The van der Waals surface area contributed by atoms with Crippen LogP contribution in [-0.2, 0) is 40.0 Å². The number of fused-ring (bicyclic) bond motifs is 1. The minimum absolute atomic E-state index is 0.0122. The highest BCUT2D eigenvalue weighted by molar-refractivity contribution is 8.00. The summed E-state index contributed by atoms with van der Waals surface area (Å²) < 4.78 is 22.0. The second-order valence-electron chi connectivity index (χ2n) is 12.3. The first kappa shape index (κ1) is 36.5. The van der Waals surface area contributed by atoms with E-state index in [-0.39, 0.29) is 36.1 Å². The molecule has 268 valence electrons. The number of oxime groups is 1. The molecule has 0 saturated carbocycles. The Morgan fingerprint density at radius 3 is 2.25 bits per heavy atom. The van der Waals surface area contributed by atoms with Crippen LogP contribution in [0.25, 0.3) is 0 Å². The lowest BCUT2D eigenvalue weighted by molar-refractivity contribution is -0.154. The van der Waals surface area contributed by atoms with Crippen LogP contribution in [0.15, 0.2) is 93.6 Å². The van der Waals surface area contributed by atoms with Crippen LogP contribution in [-0.4, -0.2) is 77.1 Å². The molecule has 1 saturated heterocycles. The van der Waals surface area contributed by atoms with Crippen molar-refractivity contribution in [2.24, 2.45) is 10.9 Å². The highest BCUT2D eigenvalue weighted by Gasteiger charge is 2.55. The van der Waals surface area contributed by atoms with Crippen LogP contribution in [0, 0.1) is 0 Å². The summed E-state index contributed by atoms with van der Waals surface area (Å²) in [6, 6.07) is 20.1. The molecule has 5 rings (SSSR count). The predicted octanol–water partition coefficient (Wildman–Crippen LogP) is 3.74. The smallest absolute Gasteiger partial charge is 0.408 e. The number of nitrogens with zero attached hydrogens (tertiary/aromatic N) is 2. The number of nitrogens with two attached hydrogens (primary N) is 1. The van der Waals surface area contributed by atoms with Crippen LogP contribution >= 0.6 is 11.8 Å². The average molecular weight is 720 g/mol. The molecular formula is C35H37N5O10S. The van der Waals surface area contributed by atoms with Crippen molar-refractivity contribution in [1.29, 1.82) is 0 Å². The Morgan fingerprint density at radius 2 is 1.67 bits per heavy atom. The van der Waals surface area contributed by atoms with Crippen molar-refractivity contribution in [1.82, 2.24) is 15.5 Å². The summed E-state index contributed by atoms with van der Waals surface area (Å²) >= 11 is 1.24. The zero-order valence-corrected chi connectivity index (χ0v) is 29.1. The number of β-lactam (4-membered cyclic amide) rings is 1. The first-order valence-electron chi connectivity index (χ1n) is 15.7. The molecule has 4 amide bonds. The maximum Gasteiger partial charge on any atom is 0.408 e. The molecular weight excluding hydrogens is 682 g/mol. The molecule has 4 N–H and O–H groups in total. The summed E-state index contributed by atoms with van der Waals surface area (Å²) in [5.41, 5.74) is 5.84. The average Bonchev–Trinajstić information content (AvgIpc) is 3.58. The second kappa shape index (κ2) is 15.8. The topological polar surface area (TPSA) is 201 Å². The van der Waals surface area contributed by atoms with Gasteiger partial charge < -0.3 is 39.8 Å². The SMILES string of the molecule is CO/N=C(/C(=O)N[C@@H]1C(=O)N2C(C(=O)OC(c3ccccc3)c3ccccc3)=C(COC(N)=O)CS[C@H]12)c1ccc(CNC(=O)OC(C)(C)C)o1. The molecule has 1 aromatic heterocycles. The van der Waals surface area contributed by atoms with Gasteiger partial charge in [-0.25, -0.2) is 14.4 Å². The van der Waals surface area contributed by atoms with Gasteiger partial charge >= 0.3 is 18.2 Å². The number of primary amides is 1. The number of rotatable bonds is 12. The van der Waals surface area contributed by atoms with Gasteiger partial charge in [-0.15, -0.1) is 11.8 Å². The lowest BCUT2D eigenvalue weighted by atomic mass is 10.0. The van der Waals surface area contributed by atoms with Gasteiger partial charge in [0.25, 0.3) is 11.8 Å². The van der Waals surface area contributed by atoms with E-state index in [4.69, 9.17) is 29.2 Å². The summed E-state index contributed by atoms with van der Waals surface area (Å²) in [7, 11) is 1.24. The van der Waals surface area contributed by atoms with Gasteiger partial charge in [-0.3, -0.25) is 14.5 Å². The normalized spacial score (nSPS) is 17.2. The van der Waals surface area contributed by atoms with Gasteiger partial charge in [0.1, 0.15) is 42.2 Å². The molecule has 0 spiro atoms. The Kier molecular flexibility index (Phi) is 11.3. The summed E-state index contributed by atoms with van der Waals surface area (Å²) in [4.78, 5) is 70.8. The Hall–Kier alpha value is -5.77. The van der Waals surface area contributed by atoms with Gasteiger partial charge in [0.2, 0.25) is 5.71 Å². The number of nitrogens with one attached hydrogen (secondary N) is 2. The summed E-state index contributed by atoms with van der Waals surface area (Å²) in [5, 5.41) is 8.30. The standard InChI is InChI=1S/C35H37N5O10S/c1-35(2,3)50-34(45)37-17-23-15-16-24(48-23)25(39-46-4)29(41)38-26-30(42)40-27(22(18-47-33(36)44)19-51-31(26)40)32(43)49-28(20-11-7-5-8-12-20)21-13-9-6-10-14-21/h5-16,26,28,31H,17-19H2,1-4H3,(H2,36,44)(H,37,45)(H,38,41)/b39-25+/t26-,31-/m1/s1. The largest absolute Gasteiger partial charge is 0.457 e. The molecule has 0 aliphatic carbocycles. The quantitative estimate of drug-likeness (QED) is 0.0810. The minimum atomic E-state index is -1.08. The monoisotopic (exact) mass is 719 g/mol. The van der Waals surface area contributed by atoms with Gasteiger partial charge in [0, 0.05) is 11.3 Å². The van der Waals surface area contributed by atoms with E-state index < -0.39 is 53.1 Å². The Bertz CT molecular complexity index is 1800. The lowest BCUT2D eigenvalue weighted by Crippen LogP contribution is -2.71. The third-order valence-electron chi connectivity index (χ3n) is 7.44. The molecule has 3 aromatic rings. The summed E-state index contributed by atoms with van der Waals surface area (Å²) in [6.07, 6.45) is -2.53. The van der Waals surface area contributed by atoms with Crippen LogP contribution in [0.2, 0.25) is 0 Å². The molecule has 2 aliphatic heterocycles. The number of hydrogen-bond acceptors (Lipinski definition) is 12. The van der Waals surface area contributed by atoms with Gasteiger partial charge in [-0.05, 0) is 44.0 Å². The number of esters is 1. The number of carbonyl (C=O) groups is 5. The number of alkyl carbamates (subject to hydrolysis) is 1. The molecule has 3 heterocycles. The van der Waals surface area contributed by atoms with Gasteiger partial charge in [0.15, 0.2) is 11.9 Å². The maximum atomic E-state index is 14.0. The van der Waals surface area contributed by atoms with E-state index in [0.29, 0.717) is 22.5 Å². The minimum Gasteiger partial charge on any atom is -0.457 e. The first-order valence-corrected chi connectivity index (χ1v) is 16.8. The Labute approximate surface area is 297 Å². The predicted molar refractivity (Wildman–Crippen MR) is 184 cm³/mol. The number of amides is 4. The van der Waals surface area contributed by atoms with Crippen molar-refractivity contribution in [2.75, 3.05) is 19.5 Å². The van der Waals surface area contributed by atoms with E-state index >= 15 is 0 Å². The number of thioether (sulfide) groups is 1. The molecule has 0 unspecified atom stereocenters. The molecule has 51 heavy (non-hydrogen) atoms. The van der Waals surface area contributed by atoms with Crippen molar-refractivity contribution >= 4 is 47.4 Å². The first-order chi connectivity index (χ1) is 24.4. The number of hydrogen-bond donors (Lipinski definition) is 3. The second-order valence-corrected chi connectivity index (χ2v) is 13.4. The fraction of sp³-hybridized carbons (Fsp3) is 0.314. The molecule has 0 bridgehead atoms. The van der Waals surface area contributed by atoms with Crippen molar-refractivity contribution in [3.05, 3.63) is 107 Å². The van der Waals surface area contributed by atoms with E-state index in [2.05, 4.69) is 15.8 Å². The van der Waals surface area contributed by atoms with E-state index in [1.165, 1.54) is 35.9 Å². The number of carbonyl (C=O) groups excluding carboxylic acids is 5. The highest BCUT2D eigenvalue weighted by atomic mass is 32.2. The van der Waals surface area contributed by atoms with E-state index in [1.807, 2.05) is 60.7 Å². The maximum absolute atomic E-state index is 14.0. The van der Waals surface area contributed by atoms with E-state index in [1.54, 1.807) is 20.8 Å². The van der Waals surface area contributed by atoms with Crippen molar-refractivity contribution in [2.45, 2.75) is 50.4 Å². The Balaban J connectivity index is 1.33. The fourth-order valence-corrected chi connectivity index (χ4v) is 6.59. The zero-order valence-electron chi connectivity index (χ0n) is 28.2. The molecule has 0 radical (unpaired) electrons. The molecule has 15 nitrogen and oxygen atoms in total. The van der Waals surface area contributed by atoms with E-state index in [9.17, 15) is 24.0 Å². The summed E-state index contributed by atoms with van der Waals surface area (Å²) in [6.45, 7) is 4.81. The third-order valence-corrected chi connectivity index (χ3v) is 8.78. The summed E-state index contributed by atoms with van der Waals surface area (Å²) in [5.74, 6) is -1.77. The van der Waals surface area contributed by atoms with Crippen molar-refractivity contribution in [3.8, 4) is 0 Å². The fourth-order valence-electron chi connectivity index (χ4n) is 5.26. The van der Waals surface area contributed by atoms with Crippen LogP contribution in [0.4, 0.5) is 9.59 Å². The third kappa shape index (κ3) is 8.88.